The highest BCUT2D eigenvalue weighted by molar-refractivity contribution is 5.76. The number of likely N-dealkylation sites (tertiary alicyclic amines) is 1. The first-order valence-electron chi connectivity index (χ1n) is 11.2. The summed E-state index contributed by atoms with van der Waals surface area (Å²) in [6, 6.07) is 0. The molecular weight excluding hydrogens is 350 g/mol. The number of nitrogens with zero attached hydrogens (tertiary/aromatic N) is 4. The molecule has 2 aliphatic heterocycles. The van der Waals surface area contributed by atoms with Crippen molar-refractivity contribution < 1.29 is 4.79 Å². The Bertz CT molecular complexity index is 683. The van der Waals surface area contributed by atoms with Gasteiger partial charge in [0, 0.05) is 57.5 Å². The van der Waals surface area contributed by atoms with Crippen molar-refractivity contribution in [2.24, 2.45) is 5.92 Å². The number of carbonyl (C=O) groups is 1. The van der Waals surface area contributed by atoms with E-state index in [1.165, 1.54) is 43.4 Å². The summed E-state index contributed by atoms with van der Waals surface area (Å²) in [5, 5.41) is 3.28. The monoisotopic (exact) mass is 385 g/mol. The molecule has 6 heteroatoms. The average molecular weight is 386 g/mol. The van der Waals surface area contributed by atoms with Crippen LogP contribution in [0.2, 0.25) is 0 Å². The van der Waals surface area contributed by atoms with Crippen LogP contribution < -0.4 is 5.32 Å². The molecule has 1 aromatic rings. The van der Waals surface area contributed by atoms with Crippen molar-refractivity contribution in [1.29, 1.82) is 0 Å². The van der Waals surface area contributed by atoms with E-state index in [0.717, 1.165) is 63.5 Å². The van der Waals surface area contributed by atoms with Crippen molar-refractivity contribution in [3.05, 3.63) is 17.1 Å². The summed E-state index contributed by atoms with van der Waals surface area (Å²) in [6.45, 7) is 3.63. The number of anilines is 1. The second-order valence-electron chi connectivity index (χ2n) is 8.98. The van der Waals surface area contributed by atoms with E-state index in [-0.39, 0.29) is 5.92 Å². The van der Waals surface area contributed by atoms with Crippen molar-refractivity contribution in [3.8, 4) is 0 Å². The fourth-order valence-electron chi connectivity index (χ4n) is 5.14. The van der Waals surface area contributed by atoms with Gasteiger partial charge in [0.05, 0.1) is 5.69 Å². The van der Waals surface area contributed by atoms with Crippen LogP contribution in [0.3, 0.4) is 0 Å². The maximum atomic E-state index is 12.9. The SMILES string of the molecule is CNc1nc([C@@H]2CCCN(C(=O)CC3CCCCC3)C2)nc2c1CN(C)CC2. The number of hydrogen-bond donors (Lipinski definition) is 1. The average Bonchev–Trinajstić information content (AvgIpc) is 2.73. The first kappa shape index (κ1) is 19.6. The highest BCUT2D eigenvalue weighted by atomic mass is 16.2. The zero-order chi connectivity index (χ0) is 19.5. The molecule has 1 saturated heterocycles. The van der Waals surface area contributed by atoms with Gasteiger partial charge in [0.2, 0.25) is 5.91 Å². The first-order valence-corrected chi connectivity index (χ1v) is 11.2. The third kappa shape index (κ3) is 4.32. The summed E-state index contributed by atoms with van der Waals surface area (Å²) >= 11 is 0. The summed E-state index contributed by atoms with van der Waals surface area (Å²) in [7, 11) is 4.09. The lowest BCUT2D eigenvalue weighted by atomic mass is 9.86. The van der Waals surface area contributed by atoms with E-state index in [0.29, 0.717) is 11.8 Å². The van der Waals surface area contributed by atoms with Gasteiger partial charge < -0.3 is 15.1 Å². The van der Waals surface area contributed by atoms with E-state index in [9.17, 15) is 4.79 Å². The van der Waals surface area contributed by atoms with Crippen molar-refractivity contribution in [1.82, 2.24) is 19.8 Å². The van der Waals surface area contributed by atoms with Crippen LogP contribution in [0.4, 0.5) is 5.82 Å². The van der Waals surface area contributed by atoms with E-state index in [4.69, 9.17) is 9.97 Å². The maximum absolute atomic E-state index is 12.9. The lowest BCUT2D eigenvalue weighted by molar-refractivity contribution is -0.133. The topological polar surface area (TPSA) is 61.4 Å². The molecule has 1 aliphatic carbocycles. The molecule has 154 valence electrons. The smallest absolute Gasteiger partial charge is 0.222 e. The van der Waals surface area contributed by atoms with Gasteiger partial charge in [-0.25, -0.2) is 9.97 Å². The summed E-state index contributed by atoms with van der Waals surface area (Å²) in [6.07, 6.45) is 10.3. The third-order valence-corrected chi connectivity index (χ3v) is 6.83. The number of likely N-dealkylation sites (N-methyl/N-ethyl adjacent to an activating group) is 1. The number of carbonyl (C=O) groups excluding carboxylic acids is 1. The molecule has 6 nitrogen and oxygen atoms in total. The molecule has 1 saturated carbocycles. The number of piperidine rings is 1. The molecule has 1 atom stereocenters. The van der Waals surface area contributed by atoms with Gasteiger partial charge in [-0.2, -0.15) is 0 Å². The largest absolute Gasteiger partial charge is 0.373 e. The fourth-order valence-corrected chi connectivity index (χ4v) is 5.14. The van der Waals surface area contributed by atoms with Gasteiger partial charge in [0.15, 0.2) is 0 Å². The van der Waals surface area contributed by atoms with Gasteiger partial charge in [-0.3, -0.25) is 4.79 Å². The van der Waals surface area contributed by atoms with Crippen LogP contribution in [-0.2, 0) is 17.8 Å². The number of hydrogen-bond acceptors (Lipinski definition) is 5. The Balaban J connectivity index is 1.46. The molecule has 0 radical (unpaired) electrons. The molecule has 0 bridgehead atoms. The van der Waals surface area contributed by atoms with E-state index in [1.807, 2.05) is 7.05 Å². The van der Waals surface area contributed by atoms with E-state index in [2.05, 4.69) is 22.2 Å². The minimum Gasteiger partial charge on any atom is -0.373 e. The standard InChI is InChI=1S/C22H35N5O/c1-23-22-18-15-26(2)12-10-19(18)24-21(25-22)17-9-6-11-27(14-17)20(28)13-16-7-4-3-5-8-16/h16-17H,3-15H2,1-2H3,(H,23,24,25)/t17-/m1/s1. The summed E-state index contributed by atoms with van der Waals surface area (Å²) in [5.74, 6) is 3.13. The number of amides is 1. The molecule has 0 spiro atoms. The van der Waals surface area contributed by atoms with Crippen molar-refractivity contribution in [3.63, 3.8) is 0 Å². The number of nitrogens with one attached hydrogen (secondary N) is 1. The molecule has 0 aromatic carbocycles. The van der Waals surface area contributed by atoms with Gasteiger partial charge in [-0.15, -0.1) is 0 Å². The van der Waals surface area contributed by atoms with E-state index in [1.54, 1.807) is 0 Å². The summed E-state index contributed by atoms with van der Waals surface area (Å²) in [5.41, 5.74) is 2.43. The van der Waals surface area contributed by atoms with Crippen molar-refractivity contribution in [2.45, 2.75) is 70.3 Å². The molecule has 1 aromatic heterocycles. The lowest BCUT2D eigenvalue weighted by Crippen LogP contribution is -2.40. The second-order valence-corrected chi connectivity index (χ2v) is 8.98. The highest BCUT2D eigenvalue weighted by Crippen LogP contribution is 2.31. The predicted molar refractivity (Wildman–Crippen MR) is 111 cm³/mol. The Hall–Kier alpha value is -1.69. The lowest BCUT2D eigenvalue weighted by Gasteiger charge is -2.34. The highest BCUT2D eigenvalue weighted by Gasteiger charge is 2.30. The Labute approximate surface area is 169 Å². The fraction of sp³-hybridized carbons (Fsp3) is 0.773. The Morgan fingerprint density at radius 2 is 1.93 bits per heavy atom. The van der Waals surface area contributed by atoms with Crippen LogP contribution in [0.1, 0.15) is 74.4 Å². The summed E-state index contributed by atoms with van der Waals surface area (Å²) in [4.78, 5) is 27.2. The minimum atomic E-state index is 0.265. The normalized spacial score (nSPS) is 24.1. The molecule has 3 aliphatic rings. The van der Waals surface area contributed by atoms with E-state index >= 15 is 0 Å². The first-order chi connectivity index (χ1) is 13.6. The Kier molecular flexibility index (Phi) is 6.14. The maximum Gasteiger partial charge on any atom is 0.222 e. The number of aromatic nitrogens is 2. The molecule has 1 amide bonds. The molecule has 3 heterocycles. The Morgan fingerprint density at radius 1 is 1.11 bits per heavy atom. The van der Waals surface area contributed by atoms with Gasteiger partial charge in [0.1, 0.15) is 11.6 Å². The zero-order valence-corrected chi connectivity index (χ0v) is 17.5. The molecule has 1 N–H and O–H groups in total. The zero-order valence-electron chi connectivity index (χ0n) is 17.5. The Morgan fingerprint density at radius 3 is 2.71 bits per heavy atom. The van der Waals surface area contributed by atoms with E-state index < -0.39 is 0 Å². The van der Waals surface area contributed by atoms with Gasteiger partial charge in [-0.05, 0) is 38.6 Å². The van der Waals surface area contributed by atoms with Gasteiger partial charge in [0.25, 0.3) is 0 Å². The van der Waals surface area contributed by atoms with Crippen LogP contribution in [0.15, 0.2) is 0 Å². The molecule has 0 unspecified atom stereocenters. The predicted octanol–water partition coefficient (Wildman–Crippen LogP) is 3.18. The minimum absolute atomic E-state index is 0.265. The van der Waals surface area contributed by atoms with Crippen LogP contribution >= 0.6 is 0 Å². The van der Waals surface area contributed by atoms with Crippen LogP contribution in [-0.4, -0.2) is 59.4 Å². The van der Waals surface area contributed by atoms with Crippen LogP contribution in [0.5, 0.6) is 0 Å². The number of rotatable bonds is 4. The third-order valence-electron chi connectivity index (χ3n) is 6.83. The summed E-state index contributed by atoms with van der Waals surface area (Å²) < 4.78 is 0. The number of fused-ring (bicyclic) bond motifs is 1. The molecule has 2 fully saturated rings. The van der Waals surface area contributed by atoms with Crippen molar-refractivity contribution in [2.75, 3.05) is 39.0 Å². The quantitative estimate of drug-likeness (QED) is 0.862. The van der Waals surface area contributed by atoms with Gasteiger partial charge in [-0.1, -0.05) is 19.3 Å². The van der Waals surface area contributed by atoms with Crippen LogP contribution in [0.25, 0.3) is 0 Å². The molecule has 28 heavy (non-hydrogen) atoms. The van der Waals surface area contributed by atoms with Gasteiger partial charge >= 0.3 is 0 Å². The molecule has 4 rings (SSSR count). The van der Waals surface area contributed by atoms with Crippen molar-refractivity contribution >= 4 is 11.7 Å². The van der Waals surface area contributed by atoms with Crippen LogP contribution in [0, 0.1) is 5.92 Å². The second kappa shape index (κ2) is 8.76. The molecular formula is C22H35N5O.